The average Bonchev–Trinajstić information content (AvgIpc) is 3.00. The van der Waals surface area contributed by atoms with Gasteiger partial charge in [-0.05, 0) is 12.5 Å². The van der Waals surface area contributed by atoms with Crippen LogP contribution in [0.5, 0.6) is 0 Å². The molecule has 0 amide bonds. The van der Waals surface area contributed by atoms with E-state index >= 15 is 0 Å². The van der Waals surface area contributed by atoms with Crippen molar-refractivity contribution in [3.05, 3.63) is 11.6 Å². The van der Waals surface area contributed by atoms with Gasteiger partial charge in [-0.25, -0.2) is 0 Å². The lowest BCUT2D eigenvalue weighted by Crippen LogP contribution is -2.68. The smallest absolute Gasteiger partial charge is 0.187 e. The van der Waals surface area contributed by atoms with Crippen molar-refractivity contribution in [1.82, 2.24) is 5.32 Å². The van der Waals surface area contributed by atoms with E-state index in [1.165, 1.54) is 13.0 Å². The van der Waals surface area contributed by atoms with Gasteiger partial charge < -0.3 is 95.4 Å². The van der Waals surface area contributed by atoms with Crippen molar-refractivity contribution in [2.45, 2.75) is 123 Å². The second-order valence-electron chi connectivity index (χ2n) is 11.4. The fourth-order valence-corrected chi connectivity index (χ4v) is 5.80. The minimum Gasteiger partial charge on any atom is -0.394 e. The zero-order chi connectivity index (χ0) is 32.6. The Morgan fingerprint density at radius 1 is 0.636 bits per heavy atom. The summed E-state index contributed by atoms with van der Waals surface area (Å²) in [7, 11) is 0. The van der Waals surface area contributed by atoms with E-state index in [-0.39, 0.29) is 5.57 Å². The molecule has 4 aliphatic rings. The molecule has 0 unspecified atom stereocenters. The van der Waals surface area contributed by atoms with Gasteiger partial charge in [-0.2, -0.15) is 0 Å². The summed E-state index contributed by atoms with van der Waals surface area (Å²) in [6.45, 7) is -0.731. The van der Waals surface area contributed by atoms with Gasteiger partial charge in [-0.15, -0.1) is 0 Å². The molecule has 3 aliphatic heterocycles. The molecular weight excluding hydrogens is 602 g/mol. The van der Waals surface area contributed by atoms with Crippen molar-refractivity contribution in [2.75, 3.05) is 19.8 Å². The van der Waals surface area contributed by atoms with Crippen LogP contribution in [0, 0.1) is 0 Å². The topological polar surface area (TPSA) is 321 Å². The summed E-state index contributed by atoms with van der Waals surface area (Å²) < 4.78 is 27.1. The molecule has 4 rings (SSSR count). The lowest BCUT2D eigenvalue weighted by atomic mass is 9.86. The molecule has 1 aliphatic carbocycles. The number of nitrogens with one attached hydrogen (secondary N) is 1. The van der Waals surface area contributed by atoms with E-state index in [0.29, 0.717) is 0 Å². The van der Waals surface area contributed by atoms with Crippen LogP contribution < -0.4 is 5.32 Å². The average molecular weight is 646 g/mol. The van der Waals surface area contributed by atoms with Crippen molar-refractivity contribution in [1.29, 1.82) is 0 Å². The standard InChI is InChI=1S/C25H43NO18/c1-6-11(14(32)19(37)24(40-6)44-22-10(5-29)41-23(39)18(36)17(22)35)26-8-2-7(3-27)21(16(34)12(8)30)43-25-20(38)15(33)13(31)9(4-28)42-25/h2,6,8-39H,3-5H2,1H3/t6-,8+,9-,10-,11-,12+,13-,14+,15+,16-,17-,18-,19-,20-,21-,22-,23-,24-,25-/m1/s1. The predicted octanol–water partition coefficient (Wildman–Crippen LogP) is -8.56. The zero-order valence-electron chi connectivity index (χ0n) is 23.5. The predicted molar refractivity (Wildman–Crippen MR) is 138 cm³/mol. The summed E-state index contributed by atoms with van der Waals surface area (Å²) in [4.78, 5) is 0. The number of aliphatic hydroxyl groups is 13. The summed E-state index contributed by atoms with van der Waals surface area (Å²) in [6.07, 6.45) is -26.2. The van der Waals surface area contributed by atoms with Crippen LogP contribution in [0.4, 0.5) is 0 Å². The van der Waals surface area contributed by atoms with Crippen molar-refractivity contribution >= 4 is 0 Å². The monoisotopic (exact) mass is 645 g/mol. The first kappa shape index (κ1) is 35.8. The highest BCUT2D eigenvalue weighted by atomic mass is 16.7. The van der Waals surface area contributed by atoms with Crippen molar-refractivity contribution in [3.8, 4) is 0 Å². The molecule has 0 aromatic carbocycles. The van der Waals surface area contributed by atoms with Crippen molar-refractivity contribution in [2.24, 2.45) is 0 Å². The zero-order valence-corrected chi connectivity index (χ0v) is 23.5. The van der Waals surface area contributed by atoms with Crippen LogP contribution in [0.3, 0.4) is 0 Å². The first-order valence-corrected chi connectivity index (χ1v) is 14.1. The van der Waals surface area contributed by atoms with Gasteiger partial charge >= 0.3 is 0 Å². The van der Waals surface area contributed by atoms with Crippen LogP contribution in [0.15, 0.2) is 11.6 Å². The maximum absolute atomic E-state index is 10.9. The second kappa shape index (κ2) is 14.8. The van der Waals surface area contributed by atoms with Gasteiger partial charge in [0.2, 0.25) is 0 Å². The highest BCUT2D eigenvalue weighted by Crippen LogP contribution is 2.32. The Labute approximate surface area is 250 Å². The van der Waals surface area contributed by atoms with Gasteiger partial charge in [0.1, 0.15) is 79.4 Å². The van der Waals surface area contributed by atoms with E-state index in [1.54, 1.807) is 0 Å². The minimum absolute atomic E-state index is 0.0139. The van der Waals surface area contributed by atoms with Crippen LogP contribution in [0.25, 0.3) is 0 Å². The Hall–Kier alpha value is -1.02. The molecule has 0 spiro atoms. The molecule has 19 heteroatoms. The van der Waals surface area contributed by atoms with E-state index in [0.717, 1.165) is 0 Å². The maximum Gasteiger partial charge on any atom is 0.187 e. The third kappa shape index (κ3) is 6.96. The molecular formula is C25H43NO18. The fraction of sp³-hybridized carbons (Fsp3) is 0.920. The Kier molecular flexibility index (Phi) is 12.1. The molecule has 14 N–H and O–H groups in total. The first-order chi connectivity index (χ1) is 20.7. The van der Waals surface area contributed by atoms with E-state index in [4.69, 9.17) is 23.7 Å². The van der Waals surface area contributed by atoms with Gasteiger partial charge in [-0.1, -0.05) is 6.08 Å². The van der Waals surface area contributed by atoms with Crippen LogP contribution >= 0.6 is 0 Å². The van der Waals surface area contributed by atoms with Gasteiger partial charge in [-0.3, -0.25) is 0 Å². The van der Waals surface area contributed by atoms with Crippen molar-refractivity contribution < 1.29 is 90.1 Å². The van der Waals surface area contributed by atoms with Crippen LogP contribution in [0.2, 0.25) is 0 Å². The van der Waals surface area contributed by atoms with E-state index < -0.39 is 136 Å². The summed E-state index contributed by atoms with van der Waals surface area (Å²) in [6, 6.07) is -2.31. The summed E-state index contributed by atoms with van der Waals surface area (Å²) in [5, 5.41) is 136. The Morgan fingerprint density at radius 3 is 1.86 bits per heavy atom. The first-order valence-electron chi connectivity index (χ1n) is 14.1. The number of ether oxygens (including phenoxy) is 5. The van der Waals surface area contributed by atoms with Gasteiger partial charge in [0, 0.05) is 0 Å². The maximum atomic E-state index is 10.9. The van der Waals surface area contributed by atoms with E-state index in [1.807, 2.05) is 0 Å². The van der Waals surface area contributed by atoms with E-state index in [9.17, 15) is 66.4 Å². The van der Waals surface area contributed by atoms with Crippen LogP contribution in [0.1, 0.15) is 6.92 Å². The van der Waals surface area contributed by atoms with Crippen LogP contribution in [-0.2, 0) is 23.7 Å². The molecule has 0 radical (unpaired) electrons. The Morgan fingerprint density at radius 2 is 1.25 bits per heavy atom. The fourth-order valence-electron chi connectivity index (χ4n) is 5.80. The second-order valence-corrected chi connectivity index (χ2v) is 11.4. The highest BCUT2D eigenvalue weighted by molar-refractivity contribution is 5.23. The van der Waals surface area contributed by atoms with Crippen LogP contribution in [-0.4, -0.2) is 203 Å². The quantitative estimate of drug-likeness (QED) is 0.103. The highest BCUT2D eigenvalue weighted by Gasteiger charge is 2.52. The Bertz CT molecular complexity index is 958. The van der Waals surface area contributed by atoms with Crippen molar-refractivity contribution in [3.63, 3.8) is 0 Å². The number of hydrogen-bond donors (Lipinski definition) is 14. The molecule has 0 saturated carbocycles. The number of aliphatic hydroxyl groups excluding tert-OH is 13. The van der Waals surface area contributed by atoms with Gasteiger partial charge in [0.15, 0.2) is 18.9 Å². The molecule has 19 nitrogen and oxygen atoms in total. The summed E-state index contributed by atoms with van der Waals surface area (Å²) >= 11 is 0. The van der Waals surface area contributed by atoms with E-state index in [2.05, 4.69) is 5.32 Å². The summed E-state index contributed by atoms with van der Waals surface area (Å²) in [5.41, 5.74) is -0.0139. The number of rotatable bonds is 9. The lowest BCUT2D eigenvalue weighted by molar-refractivity contribution is -0.345. The van der Waals surface area contributed by atoms with Gasteiger partial charge in [0.05, 0.1) is 38.0 Å². The Balaban J connectivity index is 1.44. The molecule has 256 valence electrons. The molecule has 0 aromatic rings. The third-order valence-electron chi connectivity index (χ3n) is 8.47. The molecule has 44 heavy (non-hydrogen) atoms. The number of hydrogen-bond acceptors (Lipinski definition) is 19. The van der Waals surface area contributed by atoms with Gasteiger partial charge in [0.25, 0.3) is 0 Å². The third-order valence-corrected chi connectivity index (χ3v) is 8.47. The molecule has 0 aromatic heterocycles. The molecule has 0 bridgehead atoms. The SMILES string of the molecule is C[C@H]1O[C@H](O[C@H]2[C@H](O)[C@@H](O)[C@H](O)O[C@@H]2CO)[C@H](O)[C@@H](O)[C@@H]1N[C@H]1C=C(CO)[C@@H](O[C@H]2O[C@H](CO)[C@@H](O)[C@H](O)[C@H]2O)[C@H](O)[C@H]1O. The molecule has 3 fully saturated rings. The lowest BCUT2D eigenvalue weighted by Gasteiger charge is -2.47. The minimum atomic E-state index is -1.82. The summed E-state index contributed by atoms with van der Waals surface area (Å²) in [5.74, 6) is 0. The molecule has 19 atom stereocenters. The normalized spacial score (nSPS) is 52.0. The molecule has 3 heterocycles. The largest absolute Gasteiger partial charge is 0.394 e. The molecule has 3 saturated heterocycles.